The number of hydrogen-bond donors (Lipinski definition) is 0. The number of hydrogen-bond acceptors (Lipinski definition) is 2. The van der Waals surface area contributed by atoms with E-state index in [2.05, 4.69) is 27.8 Å². The number of likely N-dealkylation sites (tertiary alicyclic amines) is 1. The molecule has 17 heavy (non-hydrogen) atoms. The molecule has 1 aliphatic heterocycles. The second-order valence-corrected chi connectivity index (χ2v) is 5.60. The summed E-state index contributed by atoms with van der Waals surface area (Å²) in [6, 6.07) is 1.94. The topological polar surface area (TPSA) is 33.2 Å². The van der Waals surface area contributed by atoms with Crippen molar-refractivity contribution in [1.29, 1.82) is 0 Å². The van der Waals surface area contributed by atoms with Crippen molar-refractivity contribution in [3.63, 3.8) is 0 Å². The lowest BCUT2D eigenvalue weighted by Gasteiger charge is -2.25. The van der Waals surface area contributed by atoms with Crippen molar-refractivity contribution < 1.29 is 4.79 Å². The number of rotatable bonds is 2. The fraction of sp³-hybridized carbons (Fsp3) is 0.500. The van der Waals surface area contributed by atoms with Gasteiger partial charge in [-0.1, -0.05) is 6.92 Å². The van der Waals surface area contributed by atoms with Gasteiger partial charge in [-0.25, -0.2) is 0 Å². The van der Waals surface area contributed by atoms with Gasteiger partial charge < -0.3 is 4.90 Å². The van der Waals surface area contributed by atoms with Crippen LogP contribution in [0.15, 0.2) is 22.9 Å². The minimum Gasteiger partial charge on any atom is -0.334 e. The Morgan fingerprint density at radius 3 is 3.06 bits per heavy atom. The first-order valence-corrected chi connectivity index (χ1v) is 6.93. The zero-order chi connectivity index (χ0) is 12.4. The van der Waals surface area contributed by atoms with E-state index in [1.807, 2.05) is 4.90 Å². The molecule has 0 spiro atoms. The molecule has 1 aromatic rings. The minimum absolute atomic E-state index is 0.0220. The van der Waals surface area contributed by atoms with Crippen LogP contribution in [0.2, 0.25) is 0 Å². The van der Waals surface area contributed by atoms with Crippen molar-refractivity contribution in [3.05, 3.63) is 28.5 Å². The Morgan fingerprint density at radius 2 is 2.41 bits per heavy atom. The molecule has 92 valence electrons. The third-order valence-corrected chi connectivity index (χ3v) is 4.00. The molecule has 0 N–H and O–H groups in total. The SMILES string of the molecule is CC1CCN(C(=O)c2cncc(Br)c2)C1CCl. The van der Waals surface area contributed by atoms with Crippen molar-refractivity contribution >= 4 is 33.4 Å². The van der Waals surface area contributed by atoms with Gasteiger partial charge >= 0.3 is 0 Å². The second-order valence-electron chi connectivity index (χ2n) is 4.38. The molecule has 5 heteroatoms. The Kier molecular flexibility index (Phi) is 4.05. The summed E-state index contributed by atoms with van der Waals surface area (Å²) in [5.41, 5.74) is 0.614. The molecule has 0 saturated carbocycles. The summed E-state index contributed by atoms with van der Waals surface area (Å²) in [6.45, 7) is 2.92. The van der Waals surface area contributed by atoms with E-state index >= 15 is 0 Å². The van der Waals surface area contributed by atoms with Crippen molar-refractivity contribution in [2.75, 3.05) is 12.4 Å². The number of carbonyl (C=O) groups excluding carboxylic acids is 1. The lowest BCUT2D eigenvalue weighted by molar-refractivity contribution is 0.0736. The molecular weight excluding hydrogens is 304 g/mol. The molecule has 1 fully saturated rings. The van der Waals surface area contributed by atoms with Crippen molar-refractivity contribution in [2.24, 2.45) is 5.92 Å². The lowest BCUT2D eigenvalue weighted by atomic mass is 10.0. The van der Waals surface area contributed by atoms with E-state index < -0.39 is 0 Å². The van der Waals surface area contributed by atoms with Gasteiger partial charge in [0.05, 0.1) is 5.56 Å². The fourth-order valence-corrected chi connectivity index (χ4v) is 3.03. The Balaban J connectivity index is 2.20. The van der Waals surface area contributed by atoms with Gasteiger partial charge in [0.1, 0.15) is 0 Å². The molecule has 3 nitrogen and oxygen atoms in total. The summed E-state index contributed by atoms with van der Waals surface area (Å²) in [5, 5.41) is 0. The number of carbonyl (C=O) groups is 1. The van der Waals surface area contributed by atoms with Crippen LogP contribution in [0.4, 0.5) is 0 Å². The highest BCUT2D eigenvalue weighted by atomic mass is 79.9. The summed E-state index contributed by atoms with van der Waals surface area (Å²) in [6.07, 6.45) is 4.29. The van der Waals surface area contributed by atoms with Gasteiger partial charge in [0.2, 0.25) is 0 Å². The minimum atomic E-state index is 0.0220. The van der Waals surface area contributed by atoms with Crippen LogP contribution in [0, 0.1) is 5.92 Å². The van der Waals surface area contributed by atoms with Gasteiger partial charge in [0, 0.05) is 35.3 Å². The zero-order valence-electron chi connectivity index (χ0n) is 9.57. The average molecular weight is 318 g/mol. The van der Waals surface area contributed by atoms with Gasteiger partial charge in [0.25, 0.3) is 5.91 Å². The first kappa shape index (κ1) is 12.8. The molecule has 0 radical (unpaired) electrons. The highest BCUT2D eigenvalue weighted by molar-refractivity contribution is 9.10. The van der Waals surface area contributed by atoms with E-state index in [-0.39, 0.29) is 11.9 Å². The predicted molar refractivity (Wildman–Crippen MR) is 71.3 cm³/mol. The van der Waals surface area contributed by atoms with E-state index in [1.165, 1.54) is 0 Å². The molecule has 2 heterocycles. The van der Waals surface area contributed by atoms with Gasteiger partial charge in [-0.15, -0.1) is 11.6 Å². The van der Waals surface area contributed by atoms with Crippen LogP contribution in [-0.4, -0.2) is 34.3 Å². The molecule has 2 unspecified atom stereocenters. The van der Waals surface area contributed by atoms with Crippen LogP contribution in [0.25, 0.3) is 0 Å². The molecule has 0 bridgehead atoms. The summed E-state index contributed by atoms with van der Waals surface area (Å²) in [5.74, 6) is 0.985. The maximum atomic E-state index is 12.3. The Morgan fingerprint density at radius 1 is 1.65 bits per heavy atom. The first-order valence-electron chi connectivity index (χ1n) is 5.61. The molecule has 1 aliphatic rings. The van der Waals surface area contributed by atoms with Crippen molar-refractivity contribution in [3.8, 4) is 0 Å². The fourth-order valence-electron chi connectivity index (χ4n) is 2.19. The maximum absolute atomic E-state index is 12.3. The van der Waals surface area contributed by atoms with Crippen LogP contribution in [-0.2, 0) is 0 Å². The number of nitrogens with zero attached hydrogens (tertiary/aromatic N) is 2. The second kappa shape index (κ2) is 5.36. The zero-order valence-corrected chi connectivity index (χ0v) is 11.9. The van der Waals surface area contributed by atoms with E-state index in [0.717, 1.165) is 17.4 Å². The predicted octanol–water partition coefficient (Wildman–Crippen LogP) is 2.93. The van der Waals surface area contributed by atoms with Crippen LogP contribution in [0.1, 0.15) is 23.7 Å². The number of pyridine rings is 1. The summed E-state index contributed by atoms with van der Waals surface area (Å²) >= 11 is 9.27. The van der Waals surface area contributed by atoms with Crippen LogP contribution in [0.3, 0.4) is 0 Å². The molecule has 0 aromatic carbocycles. The molecule has 2 rings (SSSR count). The molecule has 2 atom stereocenters. The molecular formula is C12H14BrClN2O. The molecule has 1 saturated heterocycles. The van der Waals surface area contributed by atoms with E-state index in [4.69, 9.17) is 11.6 Å². The molecule has 1 aromatic heterocycles. The van der Waals surface area contributed by atoms with Crippen LogP contribution < -0.4 is 0 Å². The Bertz CT molecular complexity index is 427. The number of halogens is 2. The van der Waals surface area contributed by atoms with Crippen LogP contribution >= 0.6 is 27.5 Å². The standard InChI is InChI=1S/C12H14BrClN2O/c1-8-2-3-16(11(8)5-14)12(17)9-4-10(13)7-15-6-9/h4,6-8,11H,2-3,5H2,1H3. The smallest absolute Gasteiger partial charge is 0.255 e. The highest BCUT2D eigenvalue weighted by Gasteiger charge is 2.34. The summed E-state index contributed by atoms with van der Waals surface area (Å²) in [4.78, 5) is 18.2. The lowest BCUT2D eigenvalue weighted by Crippen LogP contribution is -2.38. The summed E-state index contributed by atoms with van der Waals surface area (Å²) in [7, 11) is 0. The monoisotopic (exact) mass is 316 g/mol. The van der Waals surface area contributed by atoms with Gasteiger partial charge in [-0.3, -0.25) is 9.78 Å². The van der Waals surface area contributed by atoms with E-state index in [0.29, 0.717) is 17.4 Å². The number of aromatic nitrogens is 1. The molecule has 1 amide bonds. The Hall–Kier alpha value is -0.610. The quantitative estimate of drug-likeness (QED) is 0.786. The van der Waals surface area contributed by atoms with Crippen molar-refractivity contribution in [1.82, 2.24) is 9.88 Å². The first-order chi connectivity index (χ1) is 8.13. The average Bonchev–Trinajstić information content (AvgIpc) is 2.69. The molecule has 0 aliphatic carbocycles. The summed E-state index contributed by atoms with van der Waals surface area (Å²) < 4.78 is 0.818. The van der Waals surface area contributed by atoms with Gasteiger partial charge in [-0.05, 0) is 34.3 Å². The normalized spacial score (nSPS) is 24.1. The highest BCUT2D eigenvalue weighted by Crippen LogP contribution is 2.26. The van der Waals surface area contributed by atoms with Crippen molar-refractivity contribution in [2.45, 2.75) is 19.4 Å². The Labute approximate surface area is 114 Å². The van der Waals surface area contributed by atoms with Crippen LogP contribution in [0.5, 0.6) is 0 Å². The van der Waals surface area contributed by atoms with Gasteiger partial charge in [-0.2, -0.15) is 0 Å². The van der Waals surface area contributed by atoms with E-state index in [1.54, 1.807) is 18.5 Å². The van der Waals surface area contributed by atoms with E-state index in [9.17, 15) is 4.79 Å². The largest absolute Gasteiger partial charge is 0.334 e. The third-order valence-electron chi connectivity index (χ3n) is 3.25. The van der Waals surface area contributed by atoms with Gasteiger partial charge in [0.15, 0.2) is 0 Å². The maximum Gasteiger partial charge on any atom is 0.255 e. The number of amides is 1. The number of alkyl halides is 1. The third kappa shape index (κ3) is 2.63.